The monoisotopic (exact) mass is 392 g/mol. The Morgan fingerprint density at radius 3 is 2.15 bits per heavy atom. The third kappa shape index (κ3) is 10.9. The van der Waals surface area contributed by atoms with Gasteiger partial charge in [-0.05, 0) is 49.3 Å². The molecular weight excluding hydrogens is 359 g/mol. The minimum Gasteiger partial charge on any atom is -0.748 e. The molecule has 0 saturated heterocycles. The molecule has 0 aromatic heterocycles. The molecule has 4 nitrogen and oxygen atoms in total. The summed E-state index contributed by atoms with van der Waals surface area (Å²) >= 11 is 0. The van der Waals surface area contributed by atoms with Gasteiger partial charge in [0, 0.05) is 0 Å². The topological polar surface area (TPSA) is 66.4 Å². The molecule has 0 saturated carbocycles. The van der Waals surface area contributed by atoms with Gasteiger partial charge >= 0.3 is 29.6 Å². The minimum absolute atomic E-state index is 0. The van der Waals surface area contributed by atoms with Gasteiger partial charge in [-0.3, -0.25) is 0 Å². The van der Waals surface area contributed by atoms with Crippen molar-refractivity contribution in [2.24, 2.45) is 0 Å². The summed E-state index contributed by atoms with van der Waals surface area (Å²) in [7, 11) is -4.29. The van der Waals surface area contributed by atoms with Crippen LogP contribution in [0.15, 0.2) is 18.2 Å². The average Bonchev–Trinajstić information content (AvgIpc) is 2.55. The van der Waals surface area contributed by atoms with Gasteiger partial charge in [-0.15, -0.1) is 0 Å². The van der Waals surface area contributed by atoms with Crippen LogP contribution >= 0.6 is 0 Å². The predicted molar refractivity (Wildman–Crippen MR) is 102 cm³/mol. The first-order valence-corrected chi connectivity index (χ1v) is 11.2. The van der Waals surface area contributed by atoms with Crippen LogP contribution in [0.2, 0.25) is 0 Å². The van der Waals surface area contributed by atoms with Crippen molar-refractivity contribution >= 4 is 10.1 Å². The van der Waals surface area contributed by atoms with Crippen LogP contribution < -0.4 is 34.3 Å². The Labute approximate surface area is 182 Å². The molecule has 0 amide bonds. The quantitative estimate of drug-likeness (QED) is 0.292. The third-order valence-electron chi connectivity index (χ3n) is 4.39. The molecule has 0 radical (unpaired) electrons. The summed E-state index contributed by atoms with van der Waals surface area (Å²) < 4.78 is 39.2. The number of benzene rings is 1. The van der Waals surface area contributed by atoms with Crippen LogP contribution in [-0.2, 0) is 23.0 Å². The van der Waals surface area contributed by atoms with E-state index in [1.165, 1.54) is 18.4 Å². The van der Waals surface area contributed by atoms with Gasteiger partial charge in [-0.2, -0.15) is 0 Å². The van der Waals surface area contributed by atoms with Gasteiger partial charge in [0.05, 0.1) is 15.9 Å². The summed E-state index contributed by atoms with van der Waals surface area (Å²) in [6, 6.07) is 6.29. The van der Waals surface area contributed by atoms with Crippen molar-refractivity contribution in [3.8, 4) is 5.75 Å². The molecular formula is C20H33NaO4S. The van der Waals surface area contributed by atoms with E-state index in [1.54, 1.807) is 0 Å². The fourth-order valence-corrected chi connectivity index (χ4v) is 3.62. The van der Waals surface area contributed by atoms with Gasteiger partial charge in [-0.25, -0.2) is 8.42 Å². The van der Waals surface area contributed by atoms with Crippen LogP contribution in [0, 0.1) is 0 Å². The van der Waals surface area contributed by atoms with Crippen LogP contribution in [0.5, 0.6) is 5.75 Å². The van der Waals surface area contributed by atoms with Crippen molar-refractivity contribution in [1.82, 2.24) is 0 Å². The average molecular weight is 393 g/mol. The Morgan fingerprint density at radius 1 is 1.00 bits per heavy atom. The second kappa shape index (κ2) is 14.0. The zero-order valence-corrected chi connectivity index (χ0v) is 19.7. The molecule has 0 fully saturated rings. The number of hydrogen-bond acceptors (Lipinski definition) is 4. The van der Waals surface area contributed by atoms with Gasteiger partial charge in [-0.1, -0.05) is 58.6 Å². The summed E-state index contributed by atoms with van der Waals surface area (Å²) in [5.41, 5.74) is 2.32. The van der Waals surface area contributed by atoms with E-state index in [4.69, 9.17) is 4.74 Å². The Bertz CT molecular complexity index is 602. The van der Waals surface area contributed by atoms with E-state index in [0.717, 1.165) is 49.8 Å². The number of aryl methyl sites for hydroxylation is 2. The van der Waals surface area contributed by atoms with E-state index in [1.807, 2.05) is 13.0 Å². The fourth-order valence-electron chi connectivity index (χ4n) is 2.86. The molecule has 0 N–H and O–H groups in total. The maximum absolute atomic E-state index is 11.1. The normalized spacial score (nSPS) is 12.5. The van der Waals surface area contributed by atoms with Gasteiger partial charge in [0.15, 0.2) is 0 Å². The van der Waals surface area contributed by atoms with E-state index in [9.17, 15) is 13.0 Å². The van der Waals surface area contributed by atoms with Crippen LogP contribution in [-0.4, -0.2) is 24.8 Å². The first kappa shape index (κ1) is 25.9. The molecule has 0 bridgehead atoms. The zero-order chi connectivity index (χ0) is 18.7. The number of rotatable bonds is 13. The molecule has 0 aliphatic carbocycles. The molecule has 1 aromatic rings. The second-order valence-electron chi connectivity index (χ2n) is 6.73. The Hall–Kier alpha value is -0.0700. The molecule has 6 heteroatoms. The van der Waals surface area contributed by atoms with Crippen molar-refractivity contribution in [2.45, 2.75) is 84.7 Å². The van der Waals surface area contributed by atoms with Crippen molar-refractivity contribution < 1.29 is 47.3 Å². The third-order valence-corrected chi connectivity index (χ3v) is 5.17. The largest absolute Gasteiger partial charge is 1.00 e. The molecule has 1 unspecified atom stereocenters. The van der Waals surface area contributed by atoms with Crippen LogP contribution in [0.25, 0.3) is 0 Å². The van der Waals surface area contributed by atoms with Gasteiger partial charge in [0.2, 0.25) is 0 Å². The molecule has 26 heavy (non-hydrogen) atoms. The summed E-state index contributed by atoms with van der Waals surface area (Å²) in [6.45, 7) is 6.19. The smallest absolute Gasteiger partial charge is 0.748 e. The van der Waals surface area contributed by atoms with Crippen molar-refractivity contribution in [3.63, 3.8) is 0 Å². The van der Waals surface area contributed by atoms with E-state index in [0.29, 0.717) is 6.42 Å². The van der Waals surface area contributed by atoms with Crippen molar-refractivity contribution in [2.75, 3.05) is 5.75 Å². The fraction of sp³-hybridized carbons (Fsp3) is 0.700. The maximum atomic E-state index is 11.1. The molecule has 0 aliphatic heterocycles. The summed E-state index contributed by atoms with van der Waals surface area (Å²) in [5.74, 6) is 0.276. The second-order valence-corrected chi connectivity index (χ2v) is 8.18. The van der Waals surface area contributed by atoms with Gasteiger partial charge in [0.25, 0.3) is 0 Å². The molecule has 1 rings (SSSR count). The van der Waals surface area contributed by atoms with E-state index < -0.39 is 22.0 Å². The maximum Gasteiger partial charge on any atom is 1.00 e. The first-order chi connectivity index (χ1) is 11.9. The standard InChI is InChI=1S/C20H34O4S.Na/c1-4-7-9-11-17-13-14-18(12-10-8-5-2)20(15-17)24-19(6-3)16-25(21,22)23;/h13-15,19H,4-12,16H2,1-3H3,(H,21,22,23);/q;+1/p-1. The van der Waals surface area contributed by atoms with Crippen LogP contribution in [0.4, 0.5) is 0 Å². The first-order valence-electron chi connectivity index (χ1n) is 9.61. The Morgan fingerprint density at radius 2 is 1.62 bits per heavy atom. The molecule has 1 aromatic carbocycles. The number of hydrogen-bond donors (Lipinski definition) is 0. The Balaban J connectivity index is 0.00000625. The van der Waals surface area contributed by atoms with Gasteiger partial charge in [0.1, 0.15) is 11.9 Å². The van der Waals surface area contributed by atoms with E-state index in [-0.39, 0.29) is 29.6 Å². The van der Waals surface area contributed by atoms with Crippen LogP contribution in [0.1, 0.15) is 76.8 Å². The molecule has 1 atom stereocenters. The molecule has 144 valence electrons. The SMILES string of the molecule is CCCCCc1ccc(CCCCC)c(OC(CC)CS(=O)(=O)[O-])c1.[Na+]. The number of ether oxygens (including phenoxy) is 1. The van der Waals surface area contributed by atoms with E-state index >= 15 is 0 Å². The van der Waals surface area contributed by atoms with Crippen LogP contribution in [0.3, 0.4) is 0 Å². The Kier molecular flexibility index (Phi) is 14.0. The predicted octanol–water partition coefficient (Wildman–Crippen LogP) is 1.86. The summed E-state index contributed by atoms with van der Waals surface area (Å²) in [5, 5.41) is 0. The summed E-state index contributed by atoms with van der Waals surface area (Å²) in [4.78, 5) is 0. The number of unbranched alkanes of at least 4 members (excludes halogenated alkanes) is 4. The van der Waals surface area contributed by atoms with Crippen molar-refractivity contribution in [3.05, 3.63) is 29.3 Å². The molecule has 0 spiro atoms. The molecule has 0 heterocycles. The summed E-state index contributed by atoms with van der Waals surface area (Å²) in [6.07, 6.45) is 8.72. The van der Waals surface area contributed by atoms with E-state index in [2.05, 4.69) is 26.0 Å². The molecule has 0 aliphatic rings. The van der Waals surface area contributed by atoms with Gasteiger partial charge < -0.3 is 9.29 Å². The zero-order valence-electron chi connectivity index (χ0n) is 16.9. The minimum atomic E-state index is -4.29. The van der Waals surface area contributed by atoms with Crippen molar-refractivity contribution in [1.29, 1.82) is 0 Å².